The van der Waals surface area contributed by atoms with Crippen molar-refractivity contribution in [3.63, 3.8) is 0 Å². The number of nitrogens with zero attached hydrogens (tertiary/aromatic N) is 2. The molecule has 1 aliphatic rings. The van der Waals surface area contributed by atoms with Crippen molar-refractivity contribution < 1.29 is 9.59 Å². The Morgan fingerprint density at radius 2 is 1.57 bits per heavy atom. The number of piperazine rings is 1. The maximum absolute atomic E-state index is 12.6. The van der Waals surface area contributed by atoms with E-state index in [1.165, 1.54) is 0 Å². The Kier molecular flexibility index (Phi) is 6.10. The average Bonchev–Trinajstić information content (AvgIpc) is 2.78. The van der Waals surface area contributed by atoms with Crippen molar-refractivity contribution in [2.24, 2.45) is 0 Å². The van der Waals surface area contributed by atoms with E-state index in [0.29, 0.717) is 18.5 Å². The van der Waals surface area contributed by atoms with Gasteiger partial charge in [-0.2, -0.15) is 0 Å². The monoisotopic (exact) mass is 401 g/mol. The molecule has 0 spiro atoms. The lowest BCUT2D eigenvalue weighted by atomic mass is 10.0. The number of fused-ring (bicyclic) bond motifs is 1. The molecule has 0 unspecified atom stereocenters. The van der Waals surface area contributed by atoms with E-state index in [9.17, 15) is 9.59 Å². The summed E-state index contributed by atoms with van der Waals surface area (Å²) in [5, 5.41) is 5.24. The van der Waals surface area contributed by atoms with Crippen LogP contribution in [-0.2, 0) is 17.8 Å². The topological polar surface area (TPSA) is 52.6 Å². The molecule has 1 saturated heterocycles. The number of hydrogen-bond acceptors (Lipinski definition) is 3. The highest BCUT2D eigenvalue weighted by Crippen LogP contribution is 2.19. The lowest BCUT2D eigenvalue weighted by Gasteiger charge is -2.32. The van der Waals surface area contributed by atoms with E-state index < -0.39 is 0 Å². The van der Waals surface area contributed by atoms with Crippen LogP contribution in [0.5, 0.6) is 0 Å². The first kappa shape index (κ1) is 20.1. The van der Waals surface area contributed by atoms with Crippen molar-refractivity contribution in [3.05, 3.63) is 83.4 Å². The maximum atomic E-state index is 12.6. The molecule has 1 fully saturated rings. The molecule has 1 heterocycles. The predicted molar refractivity (Wildman–Crippen MR) is 119 cm³/mol. The van der Waals surface area contributed by atoms with Crippen LogP contribution in [0.25, 0.3) is 10.8 Å². The summed E-state index contributed by atoms with van der Waals surface area (Å²) in [7, 11) is 2.07. The number of nitrogens with one attached hydrogen (secondary N) is 1. The highest BCUT2D eigenvalue weighted by molar-refractivity contribution is 5.94. The largest absolute Gasteiger partial charge is 0.352 e. The number of carbonyl (C=O) groups is 2. The molecule has 0 bridgehead atoms. The fourth-order valence-electron chi connectivity index (χ4n) is 3.84. The van der Waals surface area contributed by atoms with Gasteiger partial charge in [0.2, 0.25) is 5.91 Å². The molecular weight excluding hydrogens is 374 g/mol. The molecule has 0 aliphatic carbocycles. The van der Waals surface area contributed by atoms with Gasteiger partial charge in [0, 0.05) is 38.3 Å². The van der Waals surface area contributed by atoms with Gasteiger partial charge in [-0.05, 0) is 41.1 Å². The third-order valence-corrected chi connectivity index (χ3v) is 5.71. The van der Waals surface area contributed by atoms with Crippen molar-refractivity contribution in [3.8, 4) is 0 Å². The van der Waals surface area contributed by atoms with Gasteiger partial charge in [0.05, 0.1) is 6.42 Å². The standard InChI is InChI=1S/C25H27N3O2/c1-27-13-15-28(16-14-27)25(30)21-11-9-19(10-12-21)18-26-24(29)17-22-7-4-6-20-5-2-3-8-23(20)22/h2-12H,13-18H2,1H3,(H,26,29). The van der Waals surface area contributed by atoms with Crippen LogP contribution in [0.3, 0.4) is 0 Å². The second-order valence-electron chi connectivity index (χ2n) is 7.88. The predicted octanol–water partition coefficient (Wildman–Crippen LogP) is 3.09. The molecule has 4 rings (SSSR count). The smallest absolute Gasteiger partial charge is 0.253 e. The number of hydrogen-bond donors (Lipinski definition) is 1. The van der Waals surface area contributed by atoms with Crippen LogP contribution in [0.2, 0.25) is 0 Å². The molecule has 0 aromatic heterocycles. The first-order valence-corrected chi connectivity index (χ1v) is 10.4. The third kappa shape index (κ3) is 4.69. The lowest BCUT2D eigenvalue weighted by Crippen LogP contribution is -2.47. The van der Waals surface area contributed by atoms with Crippen LogP contribution in [0.1, 0.15) is 21.5 Å². The Bertz CT molecular complexity index is 1030. The van der Waals surface area contributed by atoms with Crippen molar-refractivity contribution in [1.29, 1.82) is 0 Å². The van der Waals surface area contributed by atoms with E-state index in [0.717, 1.165) is 48.1 Å². The molecule has 30 heavy (non-hydrogen) atoms. The fourth-order valence-corrected chi connectivity index (χ4v) is 3.84. The lowest BCUT2D eigenvalue weighted by molar-refractivity contribution is -0.120. The normalized spacial score (nSPS) is 14.6. The minimum Gasteiger partial charge on any atom is -0.352 e. The summed E-state index contributed by atoms with van der Waals surface area (Å²) in [6, 6.07) is 21.7. The Labute approximate surface area is 177 Å². The van der Waals surface area contributed by atoms with Gasteiger partial charge in [0.1, 0.15) is 0 Å². The number of amides is 2. The minimum absolute atomic E-state index is 0.0102. The van der Waals surface area contributed by atoms with Crippen LogP contribution in [-0.4, -0.2) is 54.8 Å². The number of likely N-dealkylation sites (N-methyl/N-ethyl adjacent to an activating group) is 1. The van der Waals surface area contributed by atoms with Gasteiger partial charge in [-0.15, -0.1) is 0 Å². The van der Waals surface area contributed by atoms with Crippen molar-refractivity contribution >= 4 is 22.6 Å². The first-order chi connectivity index (χ1) is 14.6. The van der Waals surface area contributed by atoms with Crippen LogP contribution in [0, 0.1) is 0 Å². The Morgan fingerprint density at radius 3 is 2.33 bits per heavy atom. The summed E-state index contributed by atoms with van der Waals surface area (Å²) < 4.78 is 0. The zero-order chi connectivity index (χ0) is 20.9. The zero-order valence-corrected chi connectivity index (χ0v) is 17.3. The molecule has 5 heteroatoms. The molecule has 2 amide bonds. The quantitative estimate of drug-likeness (QED) is 0.715. The van der Waals surface area contributed by atoms with Crippen molar-refractivity contribution in [2.75, 3.05) is 33.2 Å². The van der Waals surface area contributed by atoms with E-state index in [1.54, 1.807) is 0 Å². The Morgan fingerprint density at radius 1 is 0.867 bits per heavy atom. The Hall–Kier alpha value is -3.18. The first-order valence-electron chi connectivity index (χ1n) is 10.4. The molecule has 3 aromatic rings. The van der Waals surface area contributed by atoms with Crippen molar-refractivity contribution in [1.82, 2.24) is 15.1 Å². The van der Waals surface area contributed by atoms with Gasteiger partial charge in [-0.1, -0.05) is 54.6 Å². The number of carbonyl (C=O) groups excluding carboxylic acids is 2. The SMILES string of the molecule is CN1CCN(C(=O)c2ccc(CNC(=O)Cc3cccc4ccccc34)cc2)CC1. The van der Waals surface area contributed by atoms with Crippen molar-refractivity contribution in [2.45, 2.75) is 13.0 Å². The van der Waals surface area contributed by atoms with Gasteiger partial charge < -0.3 is 15.1 Å². The summed E-state index contributed by atoms with van der Waals surface area (Å²) in [5.74, 6) is 0.0681. The molecule has 5 nitrogen and oxygen atoms in total. The maximum Gasteiger partial charge on any atom is 0.253 e. The van der Waals surface area contributed by atoms with Gasteiger partial charge >= 0.3 is 0 Å². The highest BCUT2D eigenvalue weighted by Gasteiger charge is 2.20. The zero-order valence-electron chi connectivity index (χ0n) is 17.3. The van der Waals surface area contributed by atoms with Crippen LogP contribution in [0.15, 0.2) is 66.7 Å². The summed E-state index contributed by atoms with van der Waals surface area (Å²) in [6.07, 6.45) is 0.349. The minimum atomic E-state index is -0.0102. The number of benzene rings is 3. The van der Waals surface area contributed by atoms with Gasteiger partial charge in [-0.3, -0.25) is 9.59 Å². The molecule has 3 aromatic carbocycles. The second kappa shape index (κ2) is 9.09. The molecule has 0 atom stereocenters. The van der Waals surface area contributed by atoms with E-state index in [2.05, 4.69) is 29.4 Å². The highest BCUT2D eigenvalue weighted by atomic mass is 16.2. The van der Waals surface area contributed by atoms with Gasteiger partial charge in [0.15, 0.2) is 0 Å². The van der Waals surface area contributed by atoms with Crippen LogP contribution < -0.4 is 5.32 Å². The summed E-state index contributed by atoms with van der Waals surface area (Å²) >= 11 is 0. The average molecular weight is 402 g/mol. The summed E-state index contributed by atoms with van der Waals surface area (Å²) in [5.41, 5.74) is 2.71. The van der Waals surface area contributed by atoms with E-state index in [4.69, 9.17) is 0 Å². The molecule has 1 N–H and O–H groups in total. The number of rotatable bonds is 5. The van der Waals surface area contributed by atoms with Crippen LogP contribution >= 0.6 is 0 Å². The third-order valence-electron chi connectivity index (χ3n) is 5.71. The molecule has 0 radical (unpaired) electrons. The summed E-state index contributed by atoms with van der Waals surface area (Å²) in [4.78, 5) is 29.2. The van der Waals surface area contributed by atoms with Gasteiger partial charge in [-0.25, -0.2) is 0 Å². The second-order valence-corrected chi connectivity index (χ2v) is 7.88. The molecule has 1 aliphatic heterocycles. The van der Waals surface area contributed by atoms with E-state index >= 15 is 0 Å². The summed E-state index contributed by atoms with van der Waals surface area (Å²) in [6.45, 7) is 3.80. The van der Waals surface area contributed by atoms with Crippen LogP contribution in [0.4, 0.5) is 0 Å². The molecular formula is C25H27N3O2. The van der Waals surface area contributed by atoms with Gasteiger partial charge in [0.25, 0.3) is 5.91 Å². The molecule has 0 saturated carbocycles. The van der Waals surface area contributed by atoms with E-state index in [1.807, 2.05) is 59.5 Å². The molecule has 154 valence electrons. The Balaban J connectivity index is 1.32. The fraction of sp³-hybridized carbons (Fsp3) is 0.280. The van der Waals surface area contributed by atoms with E-state index in [-0.39, 0.29) is 11.8 Å².